The first kappa shape index (κ1) is 15.4. The Hall–Kier alpha value is -2.54. The van der Waals surface area contributed by atoms with Gasteiger partial charge in [-0.15, -0.1) is 0 Å². The van der Waals surface area contributed by atoms with Gasteiger partial charge in [0.1, 0.15) is 5.75 Å². The summed E-state index contributed by atoms with van der Waals surface area (Å²) in [6.45, 7) is 6.40. The van der Waals surface area contributed by atoms with Gasteiger partial charge < -0.3 is 5.11 Å². The molecular weight excluding hydrogens is 280 g/mol. The standard InChI is InChI=1S/C22H22O/c1-15-4-7-18(8-5-15)22(19-10-12-21(23)13-11-19)20-9-6-16(2)17(3)14-20/h4-14,22-23H,1-3H3. The van der Waals surface area contributed by atoms with Crippen molar-refractivity contribution in [2.75, 3.05) is 0 Å². The van der Waals surface area contributed by atoms with Gasteiger partial charge in [0.2, 0.25) is 0 Å². The van der Waals surface area contributed by atoms with Crippen LogP contribution in [0.2, 0.25) is 0 Å². The molecule has 0 aliphatic heterocycles. The largest absolute Gasteiger partial charge is 0.508 e. The fraction of sp³-hybridized carbons (Fsp3) is 0.182. The van der Waals surface area contributed by atoms with Crippen molar-refractivity contribution in [2.24, 2.45) is 0 Å². The molecule has 3 aromatic rings. The summed E-state index contributed by atoms with van der Waals surface area (Å²) in [6, 6.07) is 22.9. The van der Waals surface area contributed by atoms with E-state index in [1.165, 1.54) is 33.4 Å². The summed E-state index contributed by atoms with van der Waals surface area (Å²) < 4.78 is 0. The van der Waals surface area contributed by atoms with E-state index in [0.29, 0.717) is 5.75 Å². The molecule has 1 heteroatoms. The van der Waals surface area contributed by atoms with E-state index in [1.807, 2.05) is 12.1 Å². The maximum atomic E-state index is 9.60. The third-order valence-electron chi connectivity index (χ3n) is 4.50. The molecule has 0 heterocycles. The Morgan fingerprint density at radius 1 is 0.609 bits per heavy atom. The average molecular weight is 302 g/mol. The van der Waals surface area contributed by atoms with Gasteiger partial charge in [-0.25, -0.2) is 0 Å². The lowest BCUT2D eigenvalue weighted by molar-refractivity contribution is 0.475. The zero-order valence-electron chi connectivity index (χ0n) is 13.9. The Balaban J connectivity index is 2.14. The number of phenolic OH excluding ortho intramolecular Hbond substituents is 1. The Morgan fingerprint density at radius 3 is 1.70 bits per heavy atom. The smallest absolute Gasteiger partial charge is 0.115 e. The molecule has 0 amide bonds. The predicted molar refractivity (Wildman–Crippen MR) is 96.1 cm³/mol. The maximum absolute atomic E-state index is 9.60. The highest BCUT2D eigenvalue weighted by Gasteiger charge is 2.17. The molecule has 0 saturated heterocycles. The quantitative estimate of drug-likeness (QED) is 0.634. The first-order valence-corrected chi connectivity index (χ1v) is 7.97. The molecule has 1 atom stereocenters. The number of aromatic hydroxyl groups is 1. The minimum Gasteiger partial charge on any atom is -0.508 e. The van der Waals surface area contributed by atoms with Crippen LogP contribution in [0.4, 0.5) is 0 Å². The van der Waals surface area contributed by atoms with E-state index in [4.69, 9.17) is 0 Å². The third-order valence-corrected chi connectivity index (χ3v) is 4.50. The minimum atomic E-state index is 0.176. The van der Waals surface area contributed by atoms with E-state index in [1.54, 1.807) is 12.1 Å². The number of hydrogen-bond donors (Lipinski definition) is 1. The van der Waals surface area contributed by atoms with E-state index < -0.39 is 0 Å². The van der Waals surface area contributed by atoms with Gasteiger partial charge in [0.25, 0.3) is 0 Å². The Kier molecular flexibility index (Phi) is 4.20. The number of phenols is 1. The van der Waals surface area contributed by atoms with E-state index in [9.17, 15) is 5.11 Å². The van der Waals surface area contributed by atoms with Gasteiger partial charge >= 0.3 is 0 Å². The summed E-state index contributed by atoms with van der Waals surface area (Å²) in [7, 11) is 0. The molecule has 0 aliphatic rings. The highest BCUT2D eigenvalue weighted by Crippen LogP contribution is 2.33. The molecule has 0 bridgehead atoms. The van der Waals surface area contributed by atoms with Crippen molar-refractivity contribution in [3.8, 4) is 5.75 Å². The molecule has 0 aromatic heterocycles. The second kappa shape index (κ2) is 6.29. The molecule has 0 fully saturated rings. The molecule has 3 aromatic carbocycles. The third kappa shape index (κ3) is 3.29. The van der Waals surface area contributed by atoms with Gasteiger partial charge in [-0.05, 0) is 60.7 Å². The minimum absolute atomic E-state index is 0.176. The van der Waals surface area contributed by atoms with Crippen molar-refractivity contribution >= 4 is 0 Å². The molecule has 1 unspecified atom stereocenters. The fourth-order valence-electron chi connectivity index (χ4n) is 2.95. The molecule has 116 valence electrons. The Bertz CT molecular complexity index is 753. The van der Waals surface area contributed by atoms with Crippen LogP contribution in [0, 0.1) is 20.8 Å². The van der Waals surface area contributed by atoms with Gasteiger partial charge in [0.15, 0.2) is 0 Å². The molecule has 0 saturated carbocycles. The van der Waals surface area contributed by atoms with Crippen LogP contribution >= 0.6 is 0 Å². The Labute approximate surface area is 138 Å². The molecule has 1 nitrogen and oxygen atoms in total. The second-order valence-corrected chi connectivity index (χ2v) is 6.28. The lowest BCUT2D eigenvalue weighted by atomic mass is 9.84. The zero-order chi connectivity index (χ0) is 16.4. The average Bonchev–Trinajstić information content (AvgIpc) is 2.55. The zero-order valence-corrected chi connectivity index (χ0v) is 13.9. The SMILES string of the molecule is Cc1ccc(C(c2ccc(O)cc2)c2ccc(C)c(C)c2)cc1. The van der Waals surface area contributed by atoms with Gasteiger partial charge in [-0.3, -0.25) is 0 Å². The number of benzene rings is 3. The van der Waals surface area contributed by atoms with E-state index in [2.05, 4.69) is 63.2 Å². The molecule has 1 N–H and O–H groups in total. The topological polar surface area (TPSA) is 20.2 Å². The van der Waals surface area contributed by atoms with Crippen molar-refractivity contribution in [2.45, 2.75) is 26.7 Å². The maximum Gasteiger partial charge on any atom is 0.115 e. The lowest BCUT2D eigenvalue weighted by Crippen LogP contribution is -2.04. The Morgan fingerprint density at radius 2 is 1.13 bits per heavy atom. The van der Waals surface area contributed by atoms with E-state index in [-0.39, 0.29) is 5.92 Å². The summed E-state index contributed by atoms with van der Waals surface area (Å²) in [5.41, 5.74) is 7.61. The number of hydrogen-bond acceptors (Lipinski definition) is 1. The lowest BCUT2D eigenvalue weighted by Gasteiger charge is -2.20. The van der Waals surface area contributed by atoms with Gasteiger partial charge in [-0.2, -0.15) is 0 Å². The second-order valence-electron chi connectivity index (χ2n) is 6.28. The van der Waals surface area contributed by atoms with Crippen LogP contribution in [0.1, 0.15) is 39.3 Å². The molecular formula is C22H22O. The van der Waals surface area contributed by atoms with Gasteiger partial charge in [-0.1, -0.05) is 60.2 Å². The van der Waals surface area contributed by atoms with Crippen molar-refractivity contribution in [1.29, 1.82) is 0 Å². The van der Waals surface area contributed by atoms with Crippen LogP contribution in [0.15, 0.2) is 66.7 Å². The highest BCUT2D eigenvalue weighted by molar-refractivity contribution is 5.46. The molecule has 23 heavy (non-hydrogen) atoms. The summed E-state index contributed by atoms with van der Waals surface area (Å²) in [6.07, 6.45) is 0. The van der Waals surface area contributed by atoms with Crippen LogP contribution in [-0.4, -0.2) is 5.11 Å². The van der Waals surface area contributed by atoms with Crippen LogP contribution in [0.25, 0.3) is 0 Å². The van der Waals surface area contributed by atoms with E-state index >= 15 is 0 Å². The van der Waals surface area contributed by atoms with Crippen LogP contribution in [0.5, 0.6) is 5.75 Å². The molecule has 0 radical (unpaired) electrons. The highest BCUT2D eigenvalue weighted by atomic mass is 16.3. The molecule has 0 spiro atoms. The summed E-state index contributed by atoms with van der Waals surface area (Å²) in [4.78, 5) is 0. The summed E-state index contributed by atoms with van der Waals surface area (Å²) >= 11 is 0. The predicted octanol–water partition coefficient (Wildman–Crippen LogP) is 5.50. The van der Waals surface area contributed by atoms with Crippen LogP contribution in [-0.2, 0) is 0 Å². The summed E-state index contributed by atoms with van der Waals surface area (Å²) in [5, 5.41) is 9.60. The number of rotatable bonds is 3. The number of aryl methyl sites for hydroxylation is 3. The van der Waals surface area contributed by atoms with Crippen LogP contribution in [0.3, 0.4) is 0 Å². The van der Waals surface area contributed by atoms with Crippen LogP contribution < -0.4 is 0 Å². The first-order chi connectivity index (χ1) is 11.0. The van der Waals surface area contributed by atoms with Crippen molar-refractivity contribution < 1.29 is 5.11 Å². The van der Waals surface area contributed by atoms with Gasteiger partial charge in [0, 0.05) is 5.92 Å². The van der Waals surface area contributed by atoms with Crippen molar-refractivity contribution in [3.05, 3.63) is 100 Å². The van der Waals surface area contributed by atoms with Crippen molar-refractivity contribution in [1.82, 2.24) is 0 Å². The van der Waals surface area contributed by atoms with Crippen molar-refractivity contribution in [3.63, 3.8) is 0 Å². The van der Waals surface area contributed by atoms with E-state index in [0.717, 1.165) is 0 Å². The summed E-state index contributed by atoms with van der Waals surface area (Å²) in [5.74, 6) is 0.479. The normalized spacial score (nSPS) is 12.1. The molecule has 0 aliphatic carbocycles. The van der Waals surface area contributed by atoms with Gasteiger partial charge in [0.05, 0.1) is 0 Å². The monoisotopic (exact) mass is 302 g/mol. The molecule has 3 rings (SSSR count). The fourth-order valence-corrected chi connectivity index (χ4v) is 2.95. The first-order valence-electron chi connectivity index (χ1n) is 7.97.